The number of hydrogen-bond donors (Lipinski definition) is 0. The van der Waals surface area contributed by atoms with Crippen molar-refractivity contribution in [3.63, 3.8) is 0 Å². The van der Waals surface area contributed by atoms with Gasteiger partial charge in [0.2, 0.25) is 10.0 Å². The first-order valence-corrected chi connectivity index (χ1v) is 15.3. The Balaban J connectivity index is 1.12. The van der Waals surface area contributed by atoms with Crippen molar-refractivity contribution in [2.45, 2.75) is 56.6 Å². The predicted octanol–water partition coefficient (Wildman–Crippen LogP) is 3.28. The van der Waals surface area contributed by atoms with Crippen molar-refractivity contribution in [3.8, 4) is 0 Å². The number of likely N-dealkylation sites (tertiary alicyclic amines) is 1. The summed E-state index contributed by atoms with van der Waals surface area (Å²) in [7, 11) is -3.21. The minimum Gasteiger partial charge on any atom is -0.377 e. The van der Waals surface area contributed by atoms with Gasteiger partial charge in [0.25, 0.3) is 5.91 Å². The Morgan fingerprint density at radius 1 is 1.03 bits per heavy atom. The zero-order valence-electron chi connectivity index (χ0n) is 22.3. The molecule has 3 aliphatic heterocycles. The van der Waals surface area contributed by atoms with E-state index in [1.165, 1.54) is 17.5 Å². The van der Waals surface area contributed by atoms with Gasteiger partial charge in [-0.15, -0.1) is 0 Å². The fourth-order valence-corrected chi connectivity index (χ4v) is 9.10. The summed E-state index contributed by atoms with van der Waals surface area (Å²) in [4.78, 5) is 26.0. The molecule has 2 aromatic rings. The highest BCUT2D eigenvalue weighted by Gasteiger charge is 2.51. The molecule has 202 valence electrons. The van der Waals surface area contributed by atoms with E-state index in [1.807, 2.05) is 24.8 Å². The summed E-state index contributed by atoms with van der Waals surface area (Å²) < 4.78 is 28.2. The molecule has 38 heavy (non-hydrogen) atoms. The Hall–Kier alpha value is -2.78. The highest BCUT2D eigenvalue weighted by atomic mass is 32.2. The highest BCUT2D eigenvalue weighted by Crippen LogP contribution is 2.42. The van der Waals surface area contributed by atoms with Crippen LogP contribution in [0.5, 0.6) is 0 Å². The number of benzene rings is 1. The zero-order valence-corrected chi connectivity index (χ0v) is 23.2. The molecule has 8 nitrogen and oxygen atoms in total. The number of fused-ring (bicyclic) bond motifs is 1. The summed E-state index contributed by atoms with van der Waals surface area (Å²) in [6.07, 6.45) is 8.30. The second-order valence-electron chi connectivity index (χ2n) is 11.6. The van der Waals surface area contributed by atoms with Crippen LogP contribution in [-0.2, 0) is 15.4 Å². The molecule has 4 heterocycles. The molecule has 1 amide bonds. The number of aromatic nitrogens is 2. The van der Waals surface area contributed by atoms with Crippen LogP contribution < -0.4 is 0 Å². The molecule has 1 atom stereocenters. The van der Waals surface area contributed by atoms with Crippen LogP contribution in [0.1, 0.15) is 59.4 Å². The number of aryl methyl sites for hydroxylation is 2. The summed E-state index contributed by atoms with van der Waals surface area (Å²) in [6.45, 7) is 8.01. The molecular weight excluding hydrogens is 498 g/mol. The Kier molecular flexibility index (Phi) is 6.54. The first kappa shape index (κ1) is 25.5. The summed E-state index contributed by atoms with van der Waals surface area (Å²) >= 11 is 0. The molecule has 1 aromatic heterocycles. The third-order valence-corrected chi connectivity index (χ3v) is 11.5. The lowest BCUT2D eigenvalue weighted by molar-refractivity contribution is 0.0781. The summed E-state index contributed by atoms with van der Waals surface area (Å²) in [5.41, 5.74) is 4.47. The lowest BCUT2D eigenvalue weighted by Gasteiger charge is -2.51. The SMILES string of the molecule is Cc1ncnc(C)c1C(=O)N1CC2=CN(CCC3(c4ccccc4)CN(S(=O)(=O)C4CCCC4)C3)CC2C1. The predicted molar refractivity (Wildman–Crippen MR) is 146 cm³/mol. The van der Waals surface area contributed by atoms with E-state index in [-0.39, 0.29) is 16.6 Å². The van der Waals surface area contributed by atoms with Crippen molar-refractivity contribution in [2.24, 2.45) is 5.92 Å². The molecule has 0 bridgehead atoms. The Labute approximate surface area is 225 Å². The van der Waals surface area contributed by atoms with Gasteiger partial charge in [-0.1, -0.05) is 43.2 Å². The number of nitrogens with zero attached hydrogens (tertiary/aromatic N) is 5. The molecule has 1 unspecified atom stereocenters. The maximum Gasteiger partial charge on any atom is 0.257 e. The van der Waals surface area contributed by atoms with Crippen molar-refractivity contribution in [1.82, 2.24) is 24.1 Å². The summed E-state index contributed by atoms with van der Waals surface area (Å²) in [5.74, 6) is 0.362. The van der Waals surface area contributed by atoms with Gasteiger partial charge in [0.05, 0.1) is 22.2 Å². The molecule has 0 radical (unpaired) electrons. The van der Waals surface area contributed by atoms with Crippen LogP contribution in [-0.4, -0.2) is 82.9 Å². The number of sulfonamides is 1. The Morgan fingerprint density at radius 3 is 2.37 bits per heavy atom. The minimum atomic E-state index is -3.21. The van der Waals surface area contributed by atoms with Crippen molar-refractivity contribution in [2.75, 3.05) is 39.3 Å². The quantitative estimate of drug-likeness (QED) is 0.541. The standard InChI is InChI=1S/C29H37N5O3S/c1-21-27(22(2)31-20-30-21)28(35)33-16-23-14-32(15-24(23)17-33)13-12-29(25-8-4-3-5-9-25)18-34(19-29)38(36,37)26-10-6-7-11-26/h3-5,8-9,14,20,24,26H,6-7,10-13,15-19H2,1-2H3. The topological polar surface area (TPSA) is 86.7 Å². The van der Waals surface area contributed by atoms with Crippen LogP contribution in [0.25, 0.3) is 0 Å². The van der Waals surface area contributed by atoms with Crippen molar-refractivity contribution in [3.05, 3.63) is 70.9 Å². The van der Waals surface area contributed by atoms with E-state index in [1.54, 1.807) is 4.31 Å². The van der Waals surface area contributed by atoms with Gasteiger partial charge < -0.3 is 9.80 Å². The Morgan fingerprint density at radius 2 is 1.71 bits per heavy atom. The van der Waals surface area contributed by atoms with Crippen LogP contribution >= 0.6 is 0 Å². The first-order valence-electron chi connectivity index (χ1n) is 13.8. The van der Waals surface area contributed by atoms with Crippen LogP contribution in [0.15, 0.2) is 48.4 Å². The minimum absolute atomic E-state index is 0.0171. The fourth-order valence-electron chi connectivity index (χ4n) is 6.90. The third kappa shape index (κ3) is 4.43. The van der Waals surface area contributed by atoms with E-state index in [0.29, 0.717) is 37.7 Å². The molecule has 9 heteroatoms. The van der Waals surface area contributed by atoms with Crippen LogP contribution in [0.3, 0.4) is 0 Å². The normalized spacial score (nSPS) is 23.4. The van der Waals surface area contributed by atoms with Crippen LogP contribution in [0.4, 0.5) is 0 Å². The van der Waals surface area contributed by atoms with Gasteiger partial charge in [-0.3, -0.25) is 4.79 Å². The van der Waals surface area contributed by atoms with E-state index >= 15 is 0 Å². The van der Waals surface area contributed by atoms with Gasteiger partial charge in [-0.25, -0.2) is 18.4 Å². The van der Waals surface area contributed by atoms with Crippen molar-refractivity contribution < 1.29 is 13.2 Å². The second kappa shape index (κ2) is 9.75. The largest absolute Gasteiger partial charge is 0.377 e. The highest BCUT2D eigenvalue weighted by molar-refractivity contribution is 7.89. The number of rotatable bonds is 7. The molecule has 2 saturated heterocycles. The van der Waals surface area contributed by atoms with Gasteiger partial charge >= 0.3 is 0 Å². The van der Waals surface area contributed by atoms with E-state index in [9.17, 15) is 13.2 Å². The third-order valence-electron chi connectivity index (χ3n) is 9.17. The molecule has 1 saturated carbocycles. The van der Waals surface area contributed by atoms with E-state index in [4.69, 9.17) is 0 Å². The molecule has 0 spiro atoms. The van der Waals surface area contributed by atoms with E-state index < -0.39 is 10.0 Å². The van der Waals surface area contributed by atoms with E-state index in [2.05, 4.69) is 45.3 Å². The van der Waals surface area contributed by atoms with Gasteiger partial charge in [0, 0.05) is 56.8 Å². The lowest BCUT2D eigenvalue weighted by Crippen LogP contribution is -2.63. The molecule has 1 aliphatic carbocycles. The maximum atomic E-state index is 13.2. The monoisotopic (exact) mass is 535 g/mol. The van der Waals surface area contributed by atoms with Gasteiger partial charge in [0.1, 0.15) is 6.33 Å². The number of carbonyl (C=O) groups is 1. The van der Waals surface area contributed by atoms with E-state index in [0.717, 1.165) is 56.6 Å². The maximum absolute atomic E-state index is 13.2. The van der Waals surface area contributed by atoms with Crippen LogP contribution in [0.2, 0.25) is 0 Å². The summed E-state index contributed by atoms with van der Waals surface area (Å²) in [5, 5.41) is -0.195. The Bertz CT molecular complexity index is 1330. The average molecular weight is 536 g/mol. The molecule has 3 fully saturated rings. The molecule has 6 rings (SSSR count). The fraction of sp³-hybridized carbons (Fsp3) is 0.552. The van der Waals surface area contributed by atoms with Gasteiger partial charge in [-0.05, 0) is 44.2 Å². The zero-order chi connectivity index (χ0) is 26.5. The number of hydrogen-bond acceptors (Lipinski definition) is 6. The molecule has 1 aromatic carbocycles. The average Bonchev–Trinajstić information content (AvgIpc) is 3.61. The van der Waals surface area contributed by atoms with Crippen LogP contribution in [0, 0.1) is 19.8 Å². The summed E-state index contributed by atoms with van der Waals surface area (Å²) in [6, 6.07) is 10.4. The van der Waals surface area contributed by atoms with Gasteiger partial charge in [0.15, 0.2) is 0 Å². The molecule has 4 aliphatic rings. The molecule has 0 N–H and O–H groups in total. The van der Waals surface area contributed by atoms with Crippen molar-refractivity contribution in [1.29, 1.82) is 0 Å². The second-order valence-corrected chi connectivity index (χ2v) is 13.8. The number of amides is 1. The molecular formula is C29H37N5O3S. The van der Waals surface area contributed by atoms with Crippen molar-refractivity contribution >= 4 is 15.9 Å². The smallest absolute Gasteiger partial charge is 0.257 e. The first-order chi connectivity index (χ1) is 18.3. The lowest BCUT2D eigenvalue weighted by atomic mass is 9.72. The number of carbonyl (C=O) groups excluding carboxylic acids is 1. The van der Waals surface area contributed by atoms with Gasteiger partial charge in [-0.2, -0.15) is 4.31 Å².